The summed E-state index contributed by atoms with van der Waals surface area (Å²) in [5.41, 5.74) is 9.67. The predicted octanol–water partition coefficient (Wildman–Crippen LogP) is -0.786. The van der Waals surface area contributed by atoms with Crippen molar-refractivity contribution in [2.45, 2.75) is 0 Å². The summed E-state index contributed by atoms with van der Waals surface area (Å²) in [6, 6.07) is 0. The van der Waals surface area contributed by atoms with Crippen molar-refractivity contribution in [1.29, 1.82) is 0 Å². The van der Waals surface area contributed by atoms with Gasteiger partial charge in [0.05, 0.1) is 5.75 Å². The van der Waals surface area contributed by atoms with Crippen LogP contribution in [0.25, 0.3) is 0 Å². The second-order valence-electron chi connectivity index (χ2n) is 1.47. The Hall–Kier alpha value is -0.490. The fraction of sp³-hybridized carbons (Fsp3) is 0.500. The first kappa shape index (κ1) is 9.51. The van der Waals surface area contributed by atoms with E-state index in [0.29, 0.717) is 5.75 Å². The van der Waals surface area contributed by atoms with Crippen LogP contribution in [0.5, 0.6) is 0 Å². The van der Waals surface area contributed by atoms with Crippen LogP contribution in [0.1, 0.15) is 0 Å². The second-order valence-corrected chi connectivity index (χ2v) is 2.78. The number of nitrogens with two attached hydrogens (primary N) is 1. The molecule has 0 aromatic rings. The van der Waals surface area contributed by atoms with Gasteiger partial charge in [0.2, 0.25) is 5.91 Å². The van der Waals surface area contributed by atoms with E-state index in [4.69, 9.17) is 5.73 Å². The number of hydrogen-bond acceptors (Lipinski definition) is 3. The molecule has 0 aromatic heterocycles. The van der Waals surface area contributed by atoms with Crippen LogP contribution in [0.3, 0.4) is 0 Å². The van der Waals surface area contributed by atoms with Crippen LogP contribution in [-0.2, 0) is 4.79 Å². The van der Waals surface area contributed by atoms with Crippen molar-refractivity contribution >= 4 is 35.0 Å². The molecule has 0 spiro atoms. The molecule has 0 fully saturated rings. The van der Waals surface area contributed by atoms with Crippen LogP contribution in [0, 0.1) is 0 Å². The van der Waals surface area contributed by atoms with Gasteiger partial charge in [-0.3, -0.25) is 15.6 Å². The Balaban J connectivity index is 3.30. The van der Waals surface area contributed by atoms with E-state index < -0.39 is 0 Å². The number of hydrogen-bond donors (Lipinski definition) is 3. The summed E-state index contributed by atoms with van der Waals surface area (Å²) < 4.78 is 0. The Morgan fingerprint density at radius 3 is 2.70 bits per heavy atom. The zero-order chi connectivity index (χ0) is 7.98. The SMILES string of the molecule is CSCC(=O)NNC(N)=S. The molecule has 4 N–H and O–H groups in total. The highest BCUT2D eigenvalue weighted by Gasteiger charge is 1.96. The molecule has 1 amide bonds. The van der Waals surface area contributed by atoms with E-state index in [2.05, 4.69) is 23.1 Å². The van der Waals surface area contributed by atoms with E-state index in [0.717, 1.165) is 0 Å². The van der Waals surface area contributed by atoms with Crippen LogP contribution in [0.4, 0.5) is 0 Å². The van der Waals surface area contributed by atoms with Gasteiger partial charge >= 0.3 is 0 Å². The number of carbonyl (C=O) groups is 1. The summed E-state index contributed by atoms with van der Waals surface area (Å²) in [6.45, 7) is 0. The summed E-state index contributed by atoms with van der Waals surface area (Å²) in [7, 11) is 0. The van der Waals surface area contributed by atoms with Gasteiger partial charge < -0.3 is 5.73 Å². The maximum absolute atomic E-state index is 10.6. The van der Waals surface area contributed by atoms with Gasteiger partial charge in [0, 0.05) is 0 Å². The highest BCUT2D eigenvalue weighted by Crippen LogP contribution is 1.87. The minimum atomic E-state index is -0.139. The Bertz CT molecular complexity index is 138. The Morgan fingerprint density at radius 1 is 1.70 bits per heavy atom. The molecule has 0 aliphatic carbocycles. The Labute approximate surface area is 68.9 Å². The van der Waals surface area contributed by atoms with Crippen molar-refractivity contribution in [2.24, 2.45) is 5.73 Å². The van der Waals surface area contributed by atoms with Gasteiger partial charge in [-0.15, -0.1) is 0 Å². The maximum atomic E-state index is 10.6. The van der Waals surface area contributed by atoms with Gasteiger partial charge in [-0.25, -0.2) is 0 Å². The van der Waals surface area contributed by atoms with Gasteiger partial charge in [-0.05, 0) is 18.5 Å². The lowest BCUT2D eigenvalue weighted by Gasteiger charge is -2.03. The molecule has 0 aliphatic rings. The average molecular weight is 179 g/mol. The van der Waals surface area contributed by atoms with Crippen molar-refractivity contribution in [3.05, 3.63) is 0 Å². The molecular weight excluding hydrogens is 170 g/mol. The van der Waals surface area contributed by atoms with Crippen molar-refractivity contribution in [3.8, 4) is 0 Å². The fourth-order valence-corrected chi connectivity index (χ4v) is 0.684. The maximum Gasteiger partial charge on any atom is 0.248 e. The van der Waals surface area contributed by atoms with E-state index in [9.17, 15) is 4.79 Å². The Morgan fingerprint density at radius 2 is 2.30 bits per heavy atom. The molecular formula is C4H9N3OS2. The number of amides is 1. The summed E-state index contributed by atoms with van der Waals surface area (Å²) in [5.74, 6) is 0.260. The lowest BCUT2D eigenvalue weighted by molar-refractivity contribution is -0.119. The average Bonchev–Trinajstić information content (AvgIpc) is 1.85. The molecule has 0 radical (unpaired) electrons. The molecule has 0 saturated heterocycles. The van der Waals surface area contributed by atoms with Crippen LogP contribution in [-0.4, -0.2) is 23.0 Å². The van der Waals surface area contributed by atoms with Gasteiger partial charge in [0.1, 0.15) is 0 Å². The third-order valence-electron chi connectivity index (χ3n) is 0.601. The third kappa shape index (κ3) is 5.64. The molecule has 0 unspecified atom stereocenters. The van der Waals surface area contributed by atoms with Crippen LogP contribution < -0.4 is 16.6 Å². The third-order valence-corrected chi connectivity index (χ3v) is 1.25. The monoisotopic (exact) mass is 179 g/mol. The molecule has 6 heteroatoms. The fourth-order valence-electron chi connectivity index (χ4n) is 0.298. The largest absolute Gasteiger partial charge is 0.375 e. The Kier molecular flexibility index (Phi) is 5.05. The number of hydrazine groups is 1. The van der Waals surface area contributed by atoms with Crippen LogP contribution in [0.15, 0.2) is 0 Å². The topological polar surface area (TPSA) is 67.2 Å². The minimum absolute atomic E-state index is 0.0643. The van der Waals surface area contributed by atoms with Crippen LogP contribution in [0.2, 0.25) is 0 Å². The molecule has 0 aliphatic heterocycles. The minimum Gasteiger partial charge on any atom is -0.375 e. The van der Waals surface area contributed by atoms with Gasteiger partial charge in [-0.1, -0.05) is 0 Å². The summed E-state index contributed by atoms with van der Waals surface area (Å²) >= 11 is 5.87. The standard InChI is InChI=1S/C4H9N3OS2/c1-10-2-3(8)6-7-4(5)9/h2H2,1H3,(H,6,8)(H3,5,7,9). The number of thioether (sulfide) groups is 1. The molecule has 0 rings (SSSR count). The summed E-state index contributed by atoms with van der Waals surface area (Å²) in [4.78, 5) is 10.6. The van der Waals surface area contributed by atoms with Crippen molar-refractivity contribution in [3.63, 3.8) is 0 Å². The zero-order valence-corrected chi connectivity index (χ0v) is 7.14. The zero-order valence-electron chi connectivity index (χ0n) is 5.51. The quantitative estimate of drug-likeness (QED) is 0.383. The molecule has 0 saturated carbocycles. The lowest BCUT2D eigenvalue weighted by Crippen LogP contribution is -2.45. The number of nitrogens with one attached hydrogen (secondary N) is 2. The second kappa shape index (κ2) is 5.31. The van der Waals surface area contributed by atoms with E-state index in [1.807, 2.05) is 6.26 Å². The predicted molar refractivity (Wildman–Crippen MR) is 46.4 cm³/mol. The molecule has 0 bridgehead atoms. The highest BCUT2D eigenvalue weighted by atomic mass is 32.2. The number of rotatable bonds is 2. The first-order valence-corrected chi connectivity index (χ1v) is 4.30. The molecule has 0 atom stereocenters. The van der Waals surface area contributed by atoms with E-state index in [1.165, 1.54) is 11.8 Å². The summed E-state index contributed by atoms with van der Waals surface area (Å²) in [5, 5.41) is 0.0643. The molecule has 0 aromatic carbocycles. The first-order valence-electron chi connectivity index (χ1n) is 2.50. The molecule has 0 heterocycles. The molecule has 58 valence electrons. The molecule has 4 nitrogen and oxygen atoms in total. The molecule has 10 heavy (non-hydrogen) atoms. The van der Waals surface area contributed by atoms with Crippen molar-refractivity contribution < 1.29 is 4.79 Å². The van der Waals surface area contributed by atoms with Crippen molar-refractivity contribution in [1.82, 2.24) is 10.9 Å². The smallest absolute Gasteiger partial charge is 0.248 e. The van der Waals surface area contributed by atoms with E-state index in [-0.39, 0.29) is 11.0 Å². The van der Waals surface area contributed by atoms with E-state index in [1.54, 1.807) is 0 Å². The van der Waals surface area contributed by atoms with Crippen molar-refractivity contribution in [2.75, 3.05) is 12.0 Å². The van der Waals surface area contributed by atoms with Gasteiger partial charge in [0.25, 0.3) is 0 Å². The highest BCUT2D eigenvalue weighted by molar-refractivity contribution is 7.99. The first-order chi connectivity index (χ1) is 4.66. The number of thiocarbonyl (C=S) groups is 1. The lowest BCUT2D eigenvalue weighted by atomic mass is 10.7. The normalized spacial score (nSPS) is 8.50. The van der Waals surface area contributed by atoms with Gasteiger partial charge in [0.15, 0.2) is 5.11 Å². The summed E-state index contributed by atoms with van der Waals surface area (Å²) in [6.07, 6.45) is 1.83. The van der Waals surface area contributed by atoms with E-state index >= 15 is 0 Å². The van der Waals surface area contributed by atoms with Crippen LogP contribution >= 0.6 is 24.0 Å². The number of carbonyl (C=O) groups excluding carboxylic acids is 1. The van der Waals surface area contributed by atoms with Gasteiger partial charge in [-0.2, -0.15) is 11.8 Å².